The van der Waals surface area contributed by atoms with E-state index in [2.05, 4.69) is 14.8 Å². The van der Waals surface area contributed by atoms with E-state index in [9.17, 15) is 21.6 Å². The summed E-state index contributed by atoms with van der Waals surface area (Å²) in [6, 6.07) is 1.77. The van der Waals surface area contributed by atoms with E-state index >= 15 is 0 Å². The van der Waals surface area contributed by atoms with Gasteiger partial charge in [-0.15, -0.1) is 0 Å². The van der Waals surface area contributed by atoms with Gasteiger partial charge < -0.3 is 15.8 Å². The van der Waals surface area contributed by atoms with Crippen molar-refractivity contribution >= 4 is 21.4 Å². The van der Waals surface area contributed by atoms with Gasteiger partial charge in [0.2, 0.25) is 10.0 Å². The second kappa shape index (κ2) is 7.36. The predicted octanol–water partition coefficient (Wildman–Crippen LogP) is 1.36. The molecule has 120 valence electrons. The van der Waals surface area contributed by atoms with Gasteiger partial charge in [-0.1, -0.05) is 6.92 Å². The topological polar surface area (TPSA) is 93.5 Å². The molecule has 21 heavy (non-hydrogen) atoms. The summed E-state index contributed by atoms with van der Waals surface area (Å²) in [4.78, 5) is 0. The number of anilines is 2. The number of hydrogen-bond acceptors (Lipinski definition) is 5. The summed E-state index contributed by atoms with van der Waals surface area (Å²) in [6.07, 6.45) is 0. The normalized spacial score (nSPS) is 11.7. The molecule has 1 rings (SSSR count). The van der Waals surface area contributed by atoms with Gasteiger partial charge in [-0.25, -0.2) is 17.5 Å². The molecule has 0 fully saturated rings. The largest absolute Gasteiger partial charge is 0.432 e. The second-order valence-corrected chi connectivity index (χ2v) is 5.92. The maximum Gasteiger partial charge on any atom is 0.387 e. The van der Waals surface area contributed by atoms with Crippen molar-refractivity contribution in [2.45, 2.75) is 13.5 Å². The molecular formula is C11H16F3N3O3S. The molecule has 10 heteroatoms. The first-order chi connectivity index (χ1) is 9.75. The highest BCUT2D eigenvalue weighted by atomic mass is 32.2. The van der Waals surface area contributed by atoms with Gasteiger partial charge in [-0.05, 0) is 0 Å². The van der Waals surface area contributed by atoms with Gasteiger partial charge in [0, 0.05) is 25.2 Å². The molecule has 0 radical (unpaired) electrons. The van der Waals surface area contributed by atoms with Crippen LogP contribution >= 0.6 is 0 Å². The Labute approximate surface area is 120 Å². The number of hydrogen-bond donors (Lipinski definition) is 3. The Balaban J connectivity index is 2.75. The Kier molecular flexibility index (Phi) is 6.09. The van der Waals surface area contributed by atoms with Gasteiger partial charge in [0.1, 0.15) is 0 Å². The lowest BCUT2D eigenvalue weighted by atomic mass is 10.2. The zero-order valence-corrected chi connectivity index (χ0v) is 12.0. The van der Waals surface area contributed by atoms with Crippen molar-refractivity contribution in [3.8, 4) is 5.75 Å². The summed E-state index contributed by atoms with van der Waals surface area (Å²) >= 11 is 0. The molecule has 1 aromatic carbocycles. The molecular weight excluding hydrogens is 311 g/mol. The summed E-state index contributed by atoms with van der Waals surface area (Å²) in [5, 5.41) is 2.63. The summed E-state index contributed by atoms with van der Waals surface area (Å²) in [7, 11) is -3.43. The number of ether oxygens (including phenoxy) is 1. The van der Waals surface area contributed by atoms with Crippen molar-refractivity contribution in [1.29, 1.82) is 0 Å². The van der Waals surface area contributed by atoms with E-state index in [4.69, 9.17) is 5.73 Å². The lowest BCUT2D eigenvalue weighted by Crippen LogP contribution is -2.29. The summed E-state index contributed by atoms with van der Waals surface area (Å²) in [5.74, 6) is -1.95. The number of halogens is 3. The van der Waals surface area contributed by atoms with Crippen LogP contribution in [0.5, 0.6) is 5.75 Å². The van der Waals surface area contributed by atoms with Gasteiger partial charge in [0.05, 0.1) is 17.1 Å². The Morgan fingerprint density at radius 2 is 2.05 bits per heavy atom. The minimum absolute atomic E-state index is 0.0285. The molecule has 0 saturated heterocycles. The van der Waals surface area contributed by atoms with E-state index in [0.29, 0.717) is 0 Å². The molecule has 0 spiro atoms. The highest BCUT2D eigenvalue weighted by molar-refractivity contribution is 7.89. The Morgan fingerprint density at radius 3 is 2.62 bits per heavy atom. The number of sulfonamides is 1. The lowest BCUT2D eigenvalue weighted by Gasteiger charge is -2.13. The van der Waals surface area contributed by atoms with Crippen molar-refractivity contribution in [3.05, 3.63) is 17.9 Å². The molecule has 0 bridgehead atoms. The molecule has 4 N–H and O–H groups in total. The van der Waals surface area contributed by atoms with Gasteiger partial charge in [-0.3, -0.25) is 0 Å². The molecule has 0 aliphatic carbocycles. The number of alkyl halides is 2. The first-order valence-corrected chi connectivity index (χ1v) is 7.65. The predicted molar refractivity (Wildman–Crippen MR) is 73.4 cm³/mol. The molecule has 1 aromatic rings. The van der Waals surface area contributed by atoms with Crippen LogP contribution in [0.2, 0.25) is 0 Å². The third-order valence-corrected chi connectivity index (χ3v) is 3.84. The zero-order chi connectivity index (χ0) is 16.0. The van der Waals surface area contributed by atoms with E-state index in [1.807, 2.05) is 0 Å². The maximum absolute atomic E-state index is 13.3. The number of benzene rings is 1. The molecule has 0 saturated carbocycles. The molecule has 6 nitrogen and oxygen atoms in total. The van der Waals surface area contributed by atoms with Gasteiger partial charge in [0.15, 0.2) is 11.6 Å². The first-order valence-electron chi connectivity index (χ1n) is 6.00. The monoisotopic (exact) mass is 327 g/mol. The zero-order valence-electron chi connectivity index (χ0n) is 11.2. The van der Waals surface area contributed by atoms with Crippen LogP contribution in [-0.4, -0.2) is 33.9 Å². The minimum Gasteiger partial charge on any atom is -0.432 e. The molecule has 0 heterocycles. The third-order valence-electron chi connectivity index (χ3n) is 2.37. The fraction of sp³-hybridized carbons (Fsp3) is 0.455. The van der Waals surface area contributed by atoms with E-state index in [1.54, 1.807) is 6.92 Å². The van der Waals surface area contributed by atoms with Crippen molar-refractivity contribution in [2.24, 2.45) is 0 Å². The average Bonchev–Trinajstić information content (AvgIpc) is 2.33. The van der Waals surface area contributed by atoms with Crippen LogP contribution in [0.3, 0.4) is 0 Å². The molecule has 0 aromatic heterocycles. The quantitative estimate of drug-likeness (QED) is 0.627. The van der Waals surface area contributed by atoms with Gasteiger partial charge >= 0.3 is 6.61 Å². The van der Waals surface area contributed by atoms with E-state index in [-0.39, 0.29) is 30.2 Å². The van der Waals surface area contributed by atoms with Crippen molar-refractivity contribution in [3.63, 3.8) is 0 Å². The number of nitrogens with one attached hydrogen (secondary N) is 2. The highest BCUT2D eigenvalue weighted by Crippen LogP contribution is 2.29. The number of nitrogens with two attached hydrogens (primary N) is 1. The van der Waals surface area contributed by atoms with Crippen molar-refractivity contribution in [1.82, 2.24) is 4.72 Å². The van der Waals surface area contributed by atoms with Gasteiger partial charge in [-0.2, -0.15) is 8.78 Å². The maximum atomic E-state index is 13.3. The van der Waals surface area contributed by atoms with E-state index in [0.717, 1.165) is 12.1 Å². The van der Waals surface area contributed by atoms with E-state index in [1.165, 1.54) is 0 Å². The molecule has 0 unspecified atom stereocenters. The van der Waals surface area contributed by atoms with Crippen LogP contribution in [0.15, 0.2) is 12.1 Å². The Morgan fingerprint density at radius 1 is 1.38 bits per heavy atom. The minimum atomic E-state index is -3.43. The van der Waals surface area contributed by atoms with Crippen LogP contribution in [-0.2, 0) is 10.0 Å². The SMILES string of the molecule is CCNS(=O)(=O)CCNc1cc(OC(F)F)c(F)cc1N. The Bertz CT molecular complexity index is 582. The fourth-order valence-corrected chi connectivity index (χ4v) is 2.48. The van der Waals surface area contributed by atoms with Crippen LogP contribution in [0, 0.1) is 5.82 Å². The molecule has 0 aliphatic rings. The average molecular weight is 327 g/mol. The third kappa shape index (κ3) is 5.68. The molecule has 0 amide bonds. The van der Waals surface area contributed by atoms with Crippen LogP contribution in [0.1, 0.15) is 6.92 Å². The lowest BCUT2D eigenvalue weighted by molar-refractivity contribution is -0.0521. The Hall–Kier alpha value is -1.68. The highest BCUT2D eigenvalue weighted by Gasteiger charge is 2.14. The van der Waals surface area contributed by atoms with Crippen molar-refractivity contribution < 1.29 is 26.3 Å². The standard InChI is InChI=1S/C11H16F3N3O3S/c1-2-17-21(18,19)4-3-16-9-6-10(20-11(13)14)7(12)5-8(9)15/h5-6,11,16-17H,2-4,15H2,1H3. The smallest absolute Gasteiger partial charge is 0.387 e. The summed E-state index contributed by atoms with van der Waals surface area (Å²) in [5.41, 5.74) is 5.58. The fourth-order valence-electron chi connectivity index (χ4n) is 1.52. The van der Waals surface area contributed by atoms with Crippen LogP contribution < -0.4 is 20.5 Å². The molecule has 0 aliphatic heterocycles. The van der Waals surface area contributed by atoms with E-state index < -0.39 is 28.2 Å². The van der Waals surface area contributed by atoms with Gasteiger partial charge in [0.25, 0.3) is 0 Å². The number of nitrogen functional groups attached to an aromatic ring is 1. The van der Waals surface area contributed by atoms with Crippen LogP contribution in [0.25, 0.3) is 0 Å². The summed E-state index contributed by atoms with van der Waals surface area (Å²) < 4.78 is 66.6. The summed E-state index contributed by atoms with van der Waals surface area (Å²) in [6.45, 7) is -1.31. The van der Waals surface area contributed by atoms with Crippen molar-refractivity contribution in [2.75, 3.05) is 29.9 Å². The van der Waals surface area contributed by atoms with Crippen LogP contribution in [0.4, 0.5) is 24.5 Å². The number of rotatable bonds is 8. The molecule has 0 atom stereocenters. The first kappa shape index (κ1) is 17.4. The second-order valence-electron chi connectivity index (χ2n) is 3.99.